The molecular formula is C12H17N3O3S. The summed E-state index contributed by atoms with van der Waals surface area (Å²) in [6.07, 6.45) is -0.801. The molecule has 0 saturated heterocycles. The van der Waals surface area contributed by atoms with Crippen molar-refractivity contribution in [2.75, 3.05) is 6.54 Å². The van der Waals surface area contributed by atoms with Crippen molar-refractivity contribution < 1.29 is 13.5 Å². The van der Waals surface area contributed by atoms with Gasteiger partial charge in [0.2, 0.25) is 10.0 Å². The van der Waals surface area contributed by atoms with Crippen LogP contribution in [0.1, 0.15) is 18.1 Å². The van der Waals surface area contributed by atoms with E-state index >= 15 is 0 Å². The molecule has 104 valence electrons. The first kappa shape index (κ1) is 15.6. The van der Waals surface area contributed by atoms with E-state index in [2.05, 4.69) is 4.72 Å². The van der Waals surface area contributed by atoms with Crippen LogP contribution < -0.4 is 10.5 Å². The van der Waals surface area contributed by atoms with Gasteiger partial charge in [-0.3, -0.25) is 0 Å². The van der Waals surface area contributed by atoms with Gasteiger partial charge in [-0.2, -0.15) is 5.26 Å². The number of aryl methyl sites for hydroxylation is 1. The summed E-state index contributed by atoms with van der Waals surface area (Å²) in [6.45, 7) is 3.05. The SMILES string of the molecule is Cc1cc(C#N)ccc1S(=O)(=O)NCC(N)C(C)O. The Hall–Kier alpha value is -1.46. The fraction of sp³-hybridized carbons (Fsp3) is 0.417. The Balaban J connectivity index is 2.93. The summed E-state index contributed by atoms with van der Waals surface area (Å²) in [7, 11) is -3.70. The summed E-state index contributed by atoms with van der Waals surface area (Å²) >= 11 is 0. The quantitative estimate of drug-likeness (QED) is 0.695. The van der Waals surface area contributed by atoms with Gasteiger partial charge in [0.1, 0.15) is 0 Å². The summed E-state index contributed by atoms with van der Waals surface area (Å²) in [4.78, 5) is 0.101. The molecule has 0 heterocycles. The summed E-state index contributed by atoms with van der Waals surface area (Å²) < 4.78 is 26.4. The molecule has 0 aliphatic rings. The minimum absolute atomic E-state index is 0.0561. The van der Waals surface area contributed by atoms with Crippen molar-refractivity contribution in [1.82, 2.24) is 4.72 Å². The van der Waals surface area contributed by atoms with E-state index < -0.39 is 22.2 Å². The lowest BCUT2D eigenvalue weighted by Gasteiger charge is -2.16. The van der Waals surface area contributed by atoms with Crippen molar-refractivity contribution in [1.29, 1.82) is 5.26 Å². The molecule has 0 saturated carbocycles. The Morgan fingerprint density at radius 3 is 2.63 bits per heavy atom. The number of hydrogen-bond acceptors (Lipinski definition) is 5. The molecule has 2 atom stereocenters. The molecule has 19 heavy (non-hydrogen) atoms. The van der Waals surface area contributed by atoms with E-state index in [1.807, 2.05) is 6.07 Å². The molecule has 0 fully saturated rings. The second-order valence-electron chi connectivity index (χ2n) is 4.35. The highest BCUT2D eigenvalue weighted by molar-refractivity contribution is 7.89. The fourth-order valence-corrected chi connectivity index (χ4v) is 2.77. The van der Waals surface area contributed by atoms with Gasteiger partial charge in [0.25, 0.3) is 0 Å². The van der Waals surface area contributed by atoms with E-state index in [0.717, 1.165) is 0 Å². The monoisotopic (exact) mass is 283 g/mol. The number of hydrogen-bond donors (Lipinski definition) is 3. The lowest BCUT2D eigenvalue weighted by atomic mass is 10.2. The van der Waals surface area contributed by atoms with E-state index in [-0.39, 0.29) is 11.4 Å². The molecule has 0 amide bonds. The largest absolute Gasteiger partial charge is 0.392 e. The number of benzene rings is 1. The fourth-order valence-electron chi connectivity index (χ4n) is 1.47. The van der Waals surface area contributed by atoms with Gasteiger partial charge in [-0.05, 0) is 37.6 Å². The normalized spacial score (nSPS) is 14.7. The van der Waals surface area contributed by atoms with Crippen LogP contribution in [0.3, 0.4) is 0 Å². The maximum Gasteiger partial charge on any atom is 0.240 e. The van der Waals surface area contributed by atoms with Crippen LogP contribution in [0.2, 0.25) is 0 Å². The van der Waals surface area contributed by atoms with E-state index in [9.17, 15) is 13.5 Å². The van der Waals surface area contributed by atoms with Crippen molar-refractivity contribution in [2.24, 2.45) is 5.73 Å². The molecule has 0 bridgehead atoms. The number of aliphatic hydroxyl groups is 1. The highest BCUT2D eigenvalue weighted by Crippen LogP contribution is 2.16. The highest BCUT2D eigenvalue weighted by Gasteiger charge is 2.19. The minimum atomic E-state index is -3.70. The number of nitrogens with one attached hydrogen (secondary N) is 1. The Morgan fingerprint density at radius 1 is 1.53 bits per heavy atom. The topological polar surface area (TPSA) is 116 Å². The predicted molar refractivity (Wildman–Crippen MR) is 70.7 cm³/mol. The zero-order chi connectivity index (χ0) is 14.6. The van der Waals surface area contributed by atoms with Gasteiger partial charge in [0, 0.05) is 12.6 Å². The van der Waals surface area contributed by atoms with Gasteiger partial charge in [-0.25, -0.2) is 13.1 Å². The molecule has 1 aromatic carbocycles. The molecule has 0 aliphatic carbocycles. The molecule has 6 nitrogen and oxygen atoms in total. The van der Waals surface area contributed by atoms with Crippen LogP contribution in [0.4, 0.5) is 0 Å². The zero-order valence-corrected chi connectivity index (χ0v) is 11.6. The van der Waals surface area contributed by atoms with Crippen LogP contribution >= 0.6 is 0 Å². The third kappa shape index (κ3) is 4.01. The first-order chi connectivity index (χ1) is 8.77. The second-order valence-corrected chi connectivity index (χ2v) is 6.08. The van der Waals surface area contributed by atoms with Crippen LogP contribution in [0.15, 0.2) is 23.1 Å². The number of nitrogens with two attached hydrogens (primary N) is 1. The molecule has 0 radical (unpaired) electrons. The van der Waals surface area contributed by atoms with Crippen molar-refractivity contribution in [3.63, 3.8) is 0 Å². The van der Waals surface area contributed by atoms with Crippen LogP contribution in [0.25, 0.3) is 0 Å². The Bertz CT molecular complexity index is 591. The third-order valence-corrected chi connectivity index (χ3v) is 4.31. The smallest absolute Gasteiger partial charge is 0.240 e. The van der Waals surface area contributed by atoms with Crippen LogP contribution in [-0.2, 0) is 10.0 Å². The van der Waals surface area contributed by atoms with E-state index in [1.165, 1.54) is 25.1 Å². The van der Waals surface area contributed by atoms with Gasteiger partial charge in [0.05, 0.1) is 22.6 Å². The van der Waals surface area contributed by atoms with Crippen molar-refractivity contribution in [2.45, 2.75) is 30.9 Å². The van der Waals surface area contributed by atoms with E-state index in [0.29, 0.717) is 11.1 Å². The third-order valence-electron chi connectivity index (χ3n) is 2.72. The molecule has 2 unspecified atom stereocenters. The average molecular weight is 283 g/mol. The maximum absolute atomic E-state index is 12.0. The van der Waals surface area contributed by atoms with Gasteiger partial charge in [-0.15, -0.1) is 0 Å². The second kappa shape index (κ2) is 6.12. The van der Waals surface area contributed by atoms with E-state index in [4.69, 9.17) is 11.0 Å². The summed E-state index contributed by atoms with van der Waals surface area (Å²) in [5, 5.41) is 17.9. The number of sulfonamides is 1. The standard InChI is InChI=1S/C12H17N3O3S/c1-8-5-10(6-13)3-4-12(8)19(17,18)15-7-11(14)9(2)16/h3-5,9,11,15-16H,7,14H2,1-2H3. The maximum atomic E-state index is 12.0. The van der Waals surface area contributed by atoms with Crippen LogP contribution in [0.5, 0.6) is 0 Å². The number of rotatable bonds is 5. The van der Waals surface area contributed by atoms with Gasteiger partial charge >= 0.3 is 0 Å². The average Bonchev–Trinajstić information content (AvgIpc) is 2.35. The Kier molecular flexibility index (Phi) is 5.03. The number of nitrogens with zero attached hydrogens (tertiary/aromatic N) is 1. The predicted octanol–water partition coefficient (Wildman–Crippen LogP) is -0.147. The number of aliphatic hydroxyl groups excluding tert-OH is 1. The molecule has 1 rings (SSSR count). The lowest BCUT2D eigenvalue weighted by molar-refractivity contribution is 0.164. The molecule has 0 aromatic heterocycles. The molecule has 0 aliphatic heterocycles. The first-order valence-corrected chi connectivity index (χ1v) is 7.20. The summed E-state index contributed by atoms with van der Waals surface area (Å²) in [5.74, 6) is 0. The van der Waals surface area contributed by atoms with Crippen molar-refractivity contribution >= 4 is 10.0 Å². The minimum Gasteiger partial charge on any atom is -0.392 e. The summed E-state index contributed by atoms with van der Waals surface area (Å²) in [6, 6.07) is 5.59. The van der Waals surface area contributed by atoms with Crippen LogP contribution in [-0.4, -0.2) is 32.2 Å². The van der Waals surface area contributed by atoms with E-state index in [1.54, 1.807) is 6.92 Å². The van der Waals surface area contributed by atoms with Crippen molar-refractivity contribution in [3.8, 4) is 6.07 Å². The summed E-state index contributed by atoms with van der Waals surface area (Å²) in [5.41, 5.74) is 6.45. The molecular weight excluding hydrogens is 266 g/mol. The van der Waals surface area contributed by atoms with Gasteiger partial charge in [-0.1, -0.05) is 0 Å². The highest BCUT2D eigenvalue weighted by atomic mass is 32.2. The molecule has 7 heteroatoms. The van der Waals surface area contributed by atoms with Crippen LogP contribution in [0, 0.1) is 18.3 Å². The Morgan fingerprint density at radius 2 is 2.16 bits per heavy atom. The lowest BCUT2D eigenvalue weighted by Crippen LogP contribution is -2.43. The molecule has 4 N–H and O–H groups in total. The molecule has 1 aromatic rings. The molecule has 0 spiro atoms. The van der Waals surface area contributed by atoms with Crippen molar-refractivity contribution in [3.05, 3.63) is 29.3 Å². The Labute approximate surface area is 112 Å². The number of nitriles is 1. The zero-order valence-electron chi connectivity index (χ0n) is 10.8. The van der Waals surface area contributed by atoms with Gasteiger partial charge in [0.15, 0.2) is 0 Å². The van der Waals surface area contributed by atoms with Gasteiger partial charge < -0.3 is 10.8 Å². The first-order valence-electron chi connectivity index (χ1n) is 5.72.